The summed E-state index contributed by atoms with van der Waals surface area (Å²) in [5.74, 6) is 1.85. The van der Waals surface area contributed by atoms with Crippen molar-refractivity contribution >= 4 is 16.9 Å². The van der Waals surface area contributed by atoms with Crippen molar-refractivity contribution in [2.24, 2.45) is 0 Å². The summed E-state index contributed by atoms with van der Waals surface area (Å²) in [6.07, 6.45) is 0. The average Bonchev–Trinajstić information content (AvgIpc) is 2.61. The topological polar surface area (TPSA) is 76.2 Å². The molecule has 0 saturated heterocycles. The fourth-order valence-electron chi connectivity index (χ4n) is 2.61. The molecule has 3 aromatic rings. The number of nitrogens with one attached hydrogen (secondary N) is 2. The van der Waals surface area contributed by atoms with Crippen LogP contribution < -0.4 is 20.3 Å². The second-order valence-electron chi connectivity index (χ2n) is 5.41. The highest BCUT2D eigenvalue weighted by Crippen LogP contribution is 2.30. The molecule has 0 amide bonds. The minimum absolute atomic E-state index is 0.116. The highest BCUT2D eigenvalue weighted by atomic mass is 16.5. The highest BCUT2D eigenvalue weighted by molar-refractivity contribution is 5.78. The number of benzene rings is 2. The van der Waals surface area contributed by atoms with Gasteiger partial charge in [0.1, 0.15) is 11.5 Å². The Bertz CT molecular complexity index is 921. The summed E-state index contributed by atoms with van der Waals surface area (Å²) in [5.41, 5.74) is 1.42. The smallest absolute Gasteiger partial charge is 0.260 e. The van der Waals surface area contributed by atoms with Gasteiger partial charge in [0.15, 0.2) is 0 Å². The van der Waals surface area contributed by atoms with E-state index in [1.54, 1.807) is 20.3 Å². The lowest BCUT2D eigenvalue weighted by molar-refractivity contribution is 0.390. The van der Waals surface area contributed by atoms with Crippen LogP contribution in [0.4, 0.5) is 5.95 Å². The maximum Gasteiger partial charge on any atom is 0.260 e. The molecule has 3 rings (SSSR count). The minimum atomic E-state index is -0.169. The number of para-hydroxylation sites is 1. The fourth-order valence-corrected chi connectivity index (χ4v) is 2.61. The van der Waals surface area contributed by atoms with Gasteiger partial charge in [-0.3, -0.25) is 9.78 Å². The van der Waals surface area contributed by atoms with Crippen molar-refractivity contribution in [2.75, 3.05) is 19.5 Å². The number of aromatic amines is 1. The van der Waals surface area contributed by atoms with Gasteiger partial charge in [0, 0.05) is 11.6 Å². The van der Waals surface area contributed by atoms with Crippen LogP contribution >= 0.6 is 0 Å². The van der Waals surface area contributed by atoms with Crippen LogP contribution in [0.3, 0.4) is 0 Å². The summed E-state index contributed by atoms with van der Waals surface area (Å²) in [7, 11) is 3.22. The number of hydrogen-bond acceptors (Lipinski definition) is 5. The normalized spacial score (nSPS) is 12.0. The first-order valence-corrected chi connectivity index (χ1v) is 7.60. The van der Waals surface area contributed by atoms with Crippen LogP contribution in [0, 0.1) is 0 Å². The van der Waals surface area contributed by atoms with Crippen LogP contribution in [-0.2, 0) is 0 Å². The lowest BCUT2D eigenvalue weighted by atomic mass is 10.1. The molecule has 0 aliphatic heterocycles. The molecule has 0 spiro atoms. The molecule has 1 aromatic heterocycles. The molecule has 0 aliphatic rings. The molecule has 6 nitrogen and oxygen atoms in total. The Balaban J connectivity index is 1.92. The van der Waals surface area contributed by atoms with Gasteiger partial charge in [-0.15, -0.1) is 0 Å². The molecular weight excluding hydrogens is 306 g/mol. The zero-order chi connectivity index (χ0) is 17.1. The Morgan fingerprint density at radius 2 is 1.92 bits per heavy atom. The number of aromatic nitrogens is 2. The predicted octanol–water partition coefficient (Wildman–Crippen LogP) is 3.11. The molecule has 0 bridgehead atoms. The first-order valence-electron chi connectivity index (χ1n) is 7.60. The van der Waals surface area contributed by atoms with Gasteiger partial charge in [0.05, 0.1) is 31.2 Å². The third-order valence-corrected chi connectivity index (χ3v) is 3.87. The molecule has 124 valence electrons. The van der Waals surface area contributed by atoms with E-state index in [9.17, 15) is 4.79 Å². The van der Waals surface area contributed by atoms with E-state index in [0.29, 0.717) is 22.6 Å². The second-order valence-corrected chi connectivity index (χ2v) is 5.41. The fraction of sp³-hybridized carbons (Fsp3) is 0.222. The third-order valence-electron chi connectivity index (χ3n) is 3.87. The van der Waals surface area contributed by atoms with Crippen LogP contribution in [-0.4, -0.2) is 24.2 Å². The van der Waals surface area contributed by atoms with Crippen molar-refractivity contribution < 1.29 is 9.47 Å². The van der Waals surface area contributed by atoms with E-state index < -0.39 is 0 Å². The van der Waals surface area contributed by atoms with Crippen LogP contribution in [0.25, 0.3) is 10.9 Å². The number of hydrogen-bond donors (Lipinski definition) is 2. The molecular formula is C18H19N3O3. The lowest BCUT2D eigenvalue weighted by Crippen LogP contribution is -2.16. The van der Waals surface area contributed by atoms with E-state index in [2.05, 4.69) is 15.3 Å². The van der Waals surface area contributed by atoms with Crippen molar-refractivity contribution in [3.63, 3.8) is 0 Å². The summed E-state index contributed by atoms with van der Waals surface area (Å²) in [6.45, 7) is 1.97. The van der Waals surface area contributed by atoms with Gasteiger partial charge in [0.2, 0.25) is 5.95 Å². The van der Waals surface area contributed by atoms with E-state index in [1.807, 2.05) is 43.3 Å². The molecule has 6 heteroatoms. The van der Waals surface area contributed by atoms with Gasteiger partial charge in [0.25, 0.3) is 5.56 Å². The molecule has 0 saturated carbocycles. The number of nitrogens with zero attached hydrogens (tertiary/aromatic N) is 1. The van der Waals surface area contributed by atoms with Crippen molar-refractivity contribution in [1.29, 1.82) is 0 Å². The second kappa shape index (κ2) is 6.62. The van der Waals surface area contributed by atoms with Gasteiger partial charge in [-0.25, -0.2) is 4.98 Å². The first-order chi connectivity index (χ1) is 11.6. The highest BCUT2D eigenvalue weighted by Gasteiger charge is 2.14. The average molecular weight is 325 g/mol. The molecule has 0 radical (unpaired) electrons. The van der Waals surface area contributed by atoms with Crippen molar-refractivity contribution in [3.8, 4) is 11.5 Å². The Morgan fingerprint density at radius 1 is 1.12 bits per heavy atom. The van der Waals surface area contributed by atoms with Crippen molar-refractivity contribution in [2.45, 2.75) is 13.0 Å². The largest absolute Gasteiger partial charge is 0.497 e. The number of methoxy groups -OCH3 is 2. The maximum atomic E-state index is 12.1. The Kier molecular flexibility index (Phi) is 4.37. The summed E-state index contributed by atoms with van der Waals surface area (Å²) < 4.78 is 10.6. The summed E-state index contributed by atoms with van der Waals surface area (Å²) in [6, 6.07) is 12.7. The van der Waals surface area contributed by atoms with Gasteiger partial charge in [-0.05, 0) is 31.2 Å². The molecule has 0 aliphatic carbocycles. The van der Waals surface area contributed by atoms with Crippen LogP contribution in [0.5, 0.6) is 11.5 Å². The Labute approximate surface area is 139 Å². The number of ether oxygens (including phenoxy) is 2. The zero-order valence-corrected chi connectivity index (χ0v) is 13.8. The third kappa shape index (κ3) is 3.03. The van der Waals surface area contributed by atoms with Crippen molar-refractivity contribution in [3.05, 3.63) is 58.4 Å². The monoisotopic (exact) mass is 325 g/mol. The summed E-state index contributed by atoms with van der Waals surface area (Å²) >= 11 is 0. The summed E-state index contributed by atoms with van der Waals surface area (Å²) in [4.78, 5) is 19.4. The minimum Gasteiger partial charge on any atom is -0.497 e. The number of fused-ring (bicyclic) bond motifs is 1. The molecule has 2 aromatic carbocycles. The number of H-pyrrole nitrogens is 1. The SMILES string of the molecule is COc1ccc(C(C)Nc2nc3ccccc3c(=O)[nH]2)c(OC)c1. The molecule has 1 unspecified atom stereocenters. The van der Waals surface area contributed by atoms with E-state index in [-0.39, 0.29) is 11.6 Å². The van der Waals surface area contributed by atoms with E-state index in [0.717, 1.165) is 11.3 Å². The predicted molar refractivity (Wildman–Crippen MR) is 93.9 cm³/mol. The maximum absolute atomic E-state index is 12.1. The van der Waals surface area contributed by atoms with Gasteiger partial charge >= 0.3 is 0 Å². The van der Waals surface area contributed by atoms with Crippen LogP contribution in [0.15, 0.2) is 47.3 Å². The van der Waals surface area contributed by atoms with E-state index in [4.69, 9.17) is 9.47 Å². The summed E-state index contributed by atoms with van der Waals surface area (Å²) in [5, 5.41) is 3.78. The van der Waals surface area contributed by atoms with Crippen LogP contribution in [0.2, 0.25) is 0 Å². The van der Waals surface area contributed by atoms with E-state index in [1.165, 1.54) is 0 Å². The lowest BCUT2D eigenvalue weighted by Gasteiger charge is -2.18. The van der Waals surface area contributed by atoms with Crippen molar-refractivity contribution in [1.82, 2.24) is 9.97 Å². The van der Waals surface area contributed by atoms with Gasteiger partial charge in [-0.2, -0.15) is 0 Å². The van der Waals surface area contributed by atoms with E-state index >= 15 is 0 Å². The first kappa shape index (κ1) is 15.9. The van der Waals surface area contributed by atoms with Gasteiger partial charge in [-0.1, -0.05) is 12.1 Å². The number of anilines is 1. The molecule has 24 heavy (non-hydrogen) atoms. The van der Waals surface area contributed by atoms with Crippen LogP contribution in [0.1, 0.15) is 18.5 Å². The quantitative estimate of drug-likeness (QED) is 0.754. The Hall–Kier alpha value is -3.02. The molecule has 2 N–H and O–H groups in total. The Morgan fingerprint density at radius 3 is 2.67 bits per heavy atom. The zero-order valence-electron chi connectivity index (χ0n) is 13.8. The molecule has 1 atom stereocenters. The van der Waals surface area contributed by atoms with Gasteiger partial charge < -0.3 is 14.8 Å². The molecule has 1 heterocycles. The number of rotatable bonds is 5. The standard InChI is InChI=1S/C18H19N3O3/c1-11(13-9-8-12(23-2)10-16(13)24-3)19-18-20-15-7-5-4-6-14(15)17(22)21-18/h4-11H,1-3H3,(H2,19,20,21,22). The molecule has 0 fully saturated rings.